The summed E-state index contributed by atoms with van der Waals surface area (Å²) in [5, 5.41) is 16.0. The molecule has 1 rings (SSSR count). The van der Waals surface area contributed by atoms with Crippen molar-refractivity contribution in [1.82, 2.24) is 5.32 Å². The molecule has 0 amide bonds. The Morgan fingerprint density at radius 2 is 2.00 bits per heavy atom. The summed E-state index contributed by atoms with van der Waals surface area (Å²) in [6.07, 6.45) is 0. The molecule has 0 fully saturated rings. The molecule has 0 aromatic heterocycles. The summed E-state index contributed by atoms with van der Waals surface area (Å²) in [6, 6.07) is 7.30. The van der Waals surface area contributed by atoms with E-state index in [2.05, 4.69) is 37.5 Å². The average Bonchev–Trinajstić information content (AvgIpc) is 2.25. The lowest BCUT2D eigenvalue weighted by Gasteiger charge is -2.20. The molecule has 0 radical (unpaired) electrons. The number of rotatable bonds is 4. The highest BCUT2D eigenvalue weighted by atomic mass is 35.5. The van der Waals surface area contributed by atoms with Crippen LogP contribution in [0.3, 0.4) is 0 Å². The van der Waals surface area contributed by atoms with Crippen LogP contribution in [0.5, 0.6) is 0 Å². The van der Waals surface area contributed by atoms with Crippen LogP contribution in [-0.2, 0) is 0 Å². The van der Waals surface area contributed by atoms with E-state index in [1.807, 2.05) is 0 Å². The molecule has 0 aliphatic rings. The summed E-state index contributed by atoms with van der Waals surface area (Å²) >= 11 is 6.03. The number of benzene rings is 1. The second kappa shape index (κ2) is 5.90. The molecule has 0 atom stereocenters. The highest BCUT2D eigenvalue weighted by Crippen LogP contribution is 2.22. The van der Waals surface area contributed by atoms with Gasteiger partial charge in [0, 0.05) is 18.6 Å². The van der Waals surface area contributed by atoms with Crippen LogP contribution < -0.4 is 10.6 Å². The minimum Gasteiger partial charge on any atom is -0.383 e. The Kier molecular flexibility index (Phi) is 4.80. The maximum absolute atomic E-state index is 8.80. The fraction of sp³-hybridized carbons (Fsp3) is 0.462. The van der Waals surface area contributed by atoms with Crippen LogP contribution >= 0.6 is 11.6 Å². The molecule has 1 aromatic carbocycles. The van der Waals surface area contributed by atoms with Gasteiger partial charge >= 0.3 is 0 Å². The van der Waals surface area contributed by atoms with E-state index in [0.717, 1.165) is 18.8 Å². The third kappa shape index (κ3) is 5.08. The Labute approximate surface area is 108 Å². The molecule has 17 heavy (non-hydrogen) atoms. The lowest BCUT2D eigenvalue weighted by molar-refractivity contribution is 0.435. The molecule has 0 aliphatic heterocycles. The molecule has 0 saturated carbocycles. The number of hydrogen-bond donors (Lipinski definition) is 2. The summed E-state index contributed by atoms with van der Waals surface area (Å²) in [7, 11) is 0. The number of anilines is 1. The summed E-state index contributed by atoms with van der Waals surface area (Å²) in [5.74, 6) is 0. The van der Waals surface area contributed by atoms with Crippen molar-refractivity contribution in [2.75, 3.05) is 18.4 Å². The molecule has 0 bridgehead atoms. The first-order chi connectivity index (χ1) is 7.92. The Morgan fingerprint density at radius 3 is 2.59 bits per heavy atom. The second-order valence-corrected chi connectivity index (χ2v) is 5.32. The first kappa shape index (κ1) is 13.8. The van der Waals surface area contributed by atoms with Crippen LogP contribution in [0.4, 0.5) is 5.69 Å². The largest absolute Gasteiger partial charge is 0.383 e. The SMILES string of the molecule is CC(C)(C)NCCNc1cc(C#N)ccc1Cl. The monoisotopic (exact) mass is 251 g/mol. The first-order valence-corrected chi connectivity index (χ1v) is 5.99. The first-order valence-electron chi connectivity index (χ1n) is 5.61. The standard InChI is InChI=1S/C13H18ClN3/c1-13(2,3)17-7-6-16-12-8-10(9-15)4-5-11(12)14/h4-5,8,16-17H,6-7H2,1-3H3. The Hall–Kier alpha value is -1.24. The fourth-order valence-electron chi connectivity index (χ4n) is 1.36. The van der Waals surface area contributed by atoms with E-state index in [1.54, 1.807) is 18.2 Å². The molecule has 0 spiro atoms. The number of nitrogens with zero attached hydrogens (tertiary/aromatic N) is 1. The molecule has 2 N–H and O–H groups in total. The molecule has 0 heterocycles. The maximum atomic E-state index is 8.80. The van der Waals surface area contributed by atoms with E-state index < -0.39 is 0 Å². The van der Waals surface area contributed by atoms with Gasteiger partial charge in [0.15, 0.2) is 0 Å². The van der Waals surface area contributed by atoms with Crippen LogP contribution in [0.25, 0.3) is 0 Å². The van der Waals surface area contributed by atoms with E-state index in [4.69, 9.17) is 16.9 Å². The van der Waals surface area contributed by atoms with Crippen molar-refractivity contribution in [3.8, 4) is 6.07 Å². The molecule has 92 valence electrons. The minimum atomic E-state index is 0.111. The van der Waals surface area contributed by atoms with Crippen LogP contribution in [0.15, 0.2) is 18.2 Å². The predicted molar refractivity (Wildman–Crippen MR) is 72.4 cm³/mol. The van der Waals surface area contributed by atoms with E-state index in [0.29, 0.717) is 10.6 Å². The summed E-state index contributed by atoms with van der Waals surface area (Å²) < 4.78 is 0. The van der Waals surface area contributed by atoms with Gasteiger partial charge in [-0.2, -0.15) is 5.26 Å². The van der Waals surface area contributed by atoms with Crippen molar-refractivity contribution >= 4 is 17.3 Å². The molecular weight excluding hydrogens is 234 g/mol. The Morgan fingerprint density at radius 1 is 1.29 bits per heavy atom. The lowest BCUT2D eigenvalue weighted by Crippen LogP contribution is -2.38. The van der Waals surface area contributed by atoms with Crippen molar-refractivity contribution in [1.29, 1.82) is 5.26 Å². The molecular formula is C13H18ClN3. The van der Waals surface area contributed by atoms with E-state index in [9.17, 15) is 0 Å². The average molecular weight is 252 g/mol. The lowest BCUT2D eigenvalue weighted by atomic mass is 10.1. The van der Waals surface area contributed by atoms with Crippen LogP contribution in [0.2, 0.25) is 5.02 Å². The van der Waals surface area contributed by atoms with Gasteiger partial charge < -0.3 is 10.6 Å². The van der Waals surface area contributed by atoms with E-state index in [-0.39, 0.29) is 5.54 Å². The fourth-order valence-corrected chi connectivity index (χ4v) is 1.55. The normalized spacial score (nSPS) is 11.0. The number of halogens is 1. The van der Waals surface area contributed by atoms with Crippen molar-refractivity contribution in [3.05, 3.63) is 28.8 Å². The van der Waals surface area contributed by atoms with E-state index in [1.165, 1.54) is 0 Å². The third-order valence-corrected chi connectivity index (χ3v) is 2.52. The van der Waals surface area contributed by atoms with Crippen LogP contribution in [0.1, 0.15) is 26.3 Å². The van der Waals surface area contributed by atoms with Gasteiger partial charge in [0.1, 0.15) is 0 Å². The highest BCUT2D eigenvalue weighted by molar-refractivity contribution is 6.33. The molecule has 0 unspecified atom stereocenters. The molecule has 3 nitrogen and oxygen atoms in total. The zero-order chi connectivity index (χ0) is 12.9. The van der Waals surface area contributed by atoms with Gasteiger partial charge in [-0.05, 0) is 39.0 Å². The van der Waals surface area contributed by atoms with Gasteiger partial charge in [-0.3, -0.25) is 0 Å². The Balaban J connectivity index is 2.49. The van der Waals surface area contributed by atoms with Crippen molar-refractivity contribution < 1.29 is 0 Å². The molecule has 1 aromatic rings. The number of nitrogens with one attached hydrogen (secondary N) is 2. The van der Waals surface area contributed by atoms with Crippen molar-refractivity contribution in [2.24, 2.45) is 0 Å². The number of nitriles is 1. The smallest absolute Gasteiger partial charge is 0.0992 e. The quantitative estimate of drug-likeness (QED) is 0.809. The van der Waals surface area contributed by atoms with Gasteiger partial charge in [-0.1, -0.05) is 11.6 Å². The highest BCUT2D eigenvalue weighted by Gasteiger charge is 2.07. The van der Waals surface area contributed by atoms with Gasteiger partial charge in [0.2, 0.25) is 0 Å². The summed E-state index contributed by atoms with van der Waals surface area (Å²) in [4.78, 5) is 0. The maximum Gasteiger partial charge on any atom is 0.0992 e. The minimum absolute atomic E-state index is 0.111. The molecule has 0 aliphatic carbocycles. The van der Waals surface area contributed by atoms with Crippen LogP contribution in [0, 0.1) is 11.3 Å². The van der Waals surface area contributed by atoms with Crippen molar-refractivity contribution in [2.45, 2.75) is 26.3 Å². The summed E-state index contributed by atoms with van der Waals surface area (Å²) in [5.41, 5.74) is 1.53. The van der Waals surface area contributed by atoms with Gasteiger partial charge in [0.05, 0.1) is 22.3 Å². The van der Waals surface area contributed by atoms with Gasteiger partial charge in [0.25, 0.3) is 0 Å². The third-order valence-electron chi connectivity index (χ3n) is 2.19. The Bertz CT molecular complexity index is 416. The second-order valence-electron chi connectivity index (χ2n) is 4.91. The predicted octanol–water partition coefficient (Wildman–Crippen LogP) is 3.01. The molecule has 4 heteroatoms. The zero-order valence-electron chi connectivity index (χ0n) is 10.5. The van der Waals surface area contributed by atoms with Crippen molar-refractivity contribution in [3.63, 3.8) is 0 Å². The molecule has 0 saturated heterocycles. The van der Waals surface area contributed by atoms with Gasteiger partial charge in [-0.25, -0.2) is 0 Å². The van der Waals surface area contributed by atoms with Gasteiger partial charge in [-0.15, -0.1) is 0 Å². The topological polar surface area (TPSA) is 47.8 Å². The zero-order valence-corrected chi connectivity index (χ0v) is 11.2. The summed E-state index contributed by atoms with van der Waals surface area (Å²) in [6.45, 7) is 7.98. The number of hydrogen-bond acceptors (Lipinski definition) is 3. The van der Waals surface area contributed by atoms with E-state index >= 15 is 0 Å². The van der Waals surface area contributed by atoms with Crippen LogP contribution in [-0.4, -0.2) is 18.6 Å².